The molecule has 15 heavy (non-hydrogen) atoms. The van der Waals surface area contributed by atoms with Gasteiger partial charge in [0.1, 0.15) is 6.04 Å². The second kappa shape index (κ2) is 3.81. The molecule has 80 valence electrons. The summed E-state index contributed by atoms with van der Waals surface area (Å²) in [7, 11) is 0. The van der Waals surface area contributed by atoms with Crippen LogP contribution in [0.3, 0.4) is 0 Å². The minimum atomic E-state index is -0.798. The number of aliphatic carboxylic acids is 1. The second-order valence-corrected chi connectivity index (χ2v) is 3.61. The fraction of sp³-hybridized carbons (Fsp3) is 0.364. The van der Waals surface area contributed by atoms with Crippen molar-refractivity contribution in [3.63, 3.8) is 0 Å². The van der Waals surface area contributed by atoms with E-state index in [0.717, 1.165) is 23.5 Å². The SMILES string of the molecule is CCNc1cccc2c1NC(C(=O)O)C2. The number of carboxylic acids is 1. The molecule has 0 amide bonds. The van der Waals surface area contributed by atoms with E-state index in [9.17, 15) is 4.79 Å². The standard InChI is InChI=1S/C11H14N2O2/c1-2-12-8-5-3-4-7-6-9(11(14)15)13-10(7)8/h3-5,9,12-13H,2,6H2,1H3,(H,14,15). The van der Waals surface area contributed by atoms with Gasteiger partial charge >= 0.3 is 5.97 Å². The van der Waals surface area contributed by atoms with Crippen molar-refractivity contribution in [3.8, 4) is 0 Å². The maximum absolute atomic E-state index is 10.9. The molecule has 4 heteroatoms. The summed E-state index contributed by atoms with van der Waals surface area (Å²) < 4.78 is 0. The van der Waals surface area contributed by atoms with Crippen molar-refractivity contribution in [1.82, 2.24) is 0 Å². The average Bonchev–Trinajstić information content (AvgIpc) is 2.63. The van der Waals surface area contributed by atoms with Gasteiger partial charge in [-0.25, -0.2) is 4.79 Å². The van der Waals surface area contributed by atoms with Crippen molar-refractivity contribution in [3.05, 3.63) is 23.8 Å². The molecule has 1 aromatic rings. The first-order valence-electron chi connectivity index (χ1n) is 5.07. The fourth-order valence-corrected chi connectivity index (χ4v) is 1.87. The number of carboxylic acid groups (broad SMARTS) is 1. The molecular weight excluding hydrogens is 192 g/mol. The van der Waals surface area contributed by atoms with Gasteiger partial charge in [0.25, 0.3) is 0 Å². The largest absolute Gasteiger partial charge is 0.480 e. The molecule has 1 unspecified atom stereocenters. The Hall–Kier alpha value is -1.71. The van der Waals surface area contributed by atoms with E-state index in [2.05, 4.69) is 10.6 Å². The highest BCUT2D eigenvalue weighted by atomic mass is 16.4. The van der Waals surface area contributed by atoms with Crippen molar-refractivity contribution in [2.75, 3.05) is 17.2 Å². The number of hydrogen-bond acceptors (Lipinski definition) is 3. The topological polar surface area (TPSA) is 61.4 Å². The molecule has 0 bridgehead atoms. The molecule has 0 saturated carbocycles. The van der Waals surface area contributed by atoms with Crippen molar-refractivity contribution < 1.29 is 9.90 Å². The monoisotopic (exact) mass is 206 g/mol. The number of anilines is 2. The van der Waals surface area contributed by atoms with Gasteiger partial charge in [-0.1, -0.05) is 12.1 Å². The van der Waals surface area contributed by atoms with Gasteiger partial charge in [0.2, 0.25) is 0 Å². The number of fused-ring (bicyclic) bond motifs is 1. The molecule has 0 saturated heterocycles. The minimum Gasteiger partial charge on any atom is -0.480 e. The third kappa shape index (κ3) is 1.75. The normalized spacial score (nSPS) is 18.1. The smallest absolute Gasteiger partial charge is 0.326 e. The zero-order valence-electron chi connectivity index (χ0n) is 8.58. The van der Waals surface area contributed by atoms with Crippen LogP contribution in [0, 0.1) is 0 Å². The lowest BCUT2D eigenvalue weighted by atomic mass is 10.1. The third-order valence-corrected chi connectivity index (χ3v) is 2.56. The Morgan fingerprint density at radius 3 is 3.13 bits per heavy atom. The Morgan fingerprint density at radius 1 is 1.67 bits per heavy atom. The van der Waals surface area contributed by atoms with Gasteiger partial charge in [0.15, 0.2) is 0 Å². The van der Waals surface area contributed by atoms with Gasteiger partial charge in [0, 0.05) is 13.0 Å². The highest BCUT2D eigenvalue weighted by Gasteiger charge is 2.27. The molecule has 1 aliphatic rings. The van der Waals surface area contributed by atoms with Crippen LogP contribution in [-0.4, -0.2) is 23.7 Å². The van der Waals surface area contributed by atoms with Crippen LogP contribution < -0.4 is 10.6 Å². The van der Waals surface area contributed by atoms with Crippen LogP contribution >= 0.6 is 0 Å². The summed E-state index contributed by atoms with van der Waals surface area (Å²) in [5.74, 6) is -0.798. The number of benzene rings is 1. The first kappa shape index (κ1) is 9.83. The van der Waals surface area contributed by atoms with Crippen LogP contribution in [0.15, 0.2) is 18.2 Å². The van der Waals surface area contributed by atoms with Crippen LogP contribution in [-0.2, 0) is 11.2 Å². The summed E-state index contributed by atoms with van der Waals surface area (Å²) in [5, 5.41) is 15.2. The average molecular weight is 206 g/mol. The van der Waals surface area contributed by atoms with Crippen molar-refractivity contribution in [1.29, 1.82) is 0 Å². The molecule has 0 fully saturated rings. The van der Waals surface area contributed by atoms with Gasteiger partial charge in [0.05, 0.1) is 11.4 Å². The van der Waals surface area contributed by atoms with E-state index >= 15 is 0 Å². The number of para-hydroxylation sites is 1. The van der Waals surface area contributed by atoms with Crippen LogP contribution in [0.5, 0.6) is 0 Å². The summed E-state index contributed by atoms with van der Waals surface area (Å²) in [6.45, 7) is 2.85. The van der Waals surface area contributed by atoms with E-state index in [0.29, 0.717) is 6.42 Å². The summed E-state index contributed by atoms with van der Waals surface area (Å²) >= 11 is 0. The number of rotatable bonds is 3. The van der Waals surface area contributed by atoms with Crippen molar-refractivity contribution in [2.24, 2.45) is 0 Å². The quantitative estimate of drug-likeness (QED) is 0.702. The first-order valence-corrected chi connectivity index (χ1v) is 5.07. The maximum atomic E-state index is 10.9. The zero-order chi connectivity index (χ0) is 10.8. The number of carbonyl (C=O) groups is 1. The Labute approximate surface area is 88.3 Å². The Morgan fingerprint density at radius 2 is 2.47 bits per heavy atom. The highest BCUT2D eigenvalue weighted by Crippen LogP contribution is 2.33. The van der Waals surface area contributed by atoms with Crippen molar-refractivity contribution >= 4 is 17.3 Å². The lowest BCUT2D eigenvalue weighted by molar-refractivity contribution is -0.137. The van der Waals surface area contributed by atoms with Gasteiger partial charge < -0.3 is 15.7 Å². The van der Waals surface area contributed by atoms with E-state index in [1.54, 1.807) is 0 Å². The molecule has 0 spiro atoms. The van der Waals surface area contributed by atoms with Gasteiger partial charge in [-0.3, -0.25) is 0 Å². The van der Waals surface area contributed by atoms with E-state index < -0.39 is 12.0 Å². The lowest BCUT2D eigenvalue weighted by Gasteiger charge is -2.10. The first-order chi connectivity index (χ1) is 7.22. The highest BCUT2D eigenvalue weighted by molar-refractivity contribution is 5.85. The molecule has 2 rings (SSSR count). The van der Waals surface area contributed by atoms with E-state index in [-0.39, 0.29) is 0 Å². The molecule has 1 aromatic carbocycles. The number of hydrogen-bond donors (Lipinski definition) is 3. The van der Waals surface area contributed by atoms with Crippen LogP contribution in [0.2, 0.25) is 0 Å². The zero-order valence-corrected chi connectivity index (χ0v) is 8.58. The molecule has 1 heterocycles. The summed E-state index contributed by atoms with van der Waals surface area (Å²) in [6, 6.07) is 5.38. The molecule has 1 aliphatic heterocycles. The maximum Gasteiger partial charge on any atom is 0.326 e. The predicted molar refractivity (Wildman–Crippen MR) is 59.4 cm³/mol. The Bertz CT molecular complexity index is 390. The Kier molecular flexibility index (Phi) is 2.49. The van der Waals surface area contributed by atoms with Crippen LogP contribution in [0.1, 0.15) is 12.5 Å². The minimum absolute atomic E-state index is 0.486. The molecule has 3 N–H and O–H groups in total. The van der Waals surface area contributed by atoms with Gasteiger partial charge in [-0.15, -0.1) is 0 Å². The molecule has 4 nitrogen and oxygen atoms in total. The second-order valence-electron chi connectivity index (χ2n) is 3.61. The predicted octanol–water partition coefficient (Wildman–Crippen LogP) is 1.54. The van der Waals surface area contributed by atoms with Gasteiger partial charge in [-0.2, -0.15) is 0 Å². The summed E-state index contributed by atoms with van der Waals surface area (Å²) in [5.41, 5.74) is 2.99. The fourth-order valence-electron chi connectivity index (χ4n) is 1.87. The number of nitrogens with one attached hydrogen (secondary N) is 2. The van der Waals surface area contributed by atoms with Gasteiger partial charge in [-0.05, 0) is 18.6 Å². The van der Waals surface area contributed by atoms with E-state index in [4.69, 9.17) is 5.11 Å². The van der Waals surface area contributed by atoms with Crippen LogP contribution in [0.25, 0.3) is 0 Å². The third-order valence-electron chi connectivity index (χ3n) is 2.56. The van der Waals surface area contributed by atoms with Crippen LogP contribution in [0.4, 0.5) is 11.4 Å². The molecule has 1 atom stereocenters. The molecule has 0 aliphatic carbocycles. The molecule has 0 radical (unpaired) electrons. The summed E-state index contributed by atoms with van der Waals surface area (Å²) in [6.07, 6.45) is 0.559. The van der Waals surface area contributed by atoms with E-state index in [1.807, 2.05) is 25.1 Å². The van der Waals surface area contributed by atoms with Crippen molar-refractivity contribution in [2.45, 2.75) is 19.4 Å². The molecule has 0 aromatic heterocycles. The summed E-state index contributed by atoms with van der Waals surface area (Å²) in [4.78, 5) is 10.9. The Balaban J connectivity index is 2.28. The van der Waals surface area contributed by atoms with E-state index in [1.165, 1.54) is 0 Å². The lowest BCUT2D eigenvalue weighted by Crippen LogP contribution is -2.26. The molecular formula is C11H14N2O2.